The first-order valence-electron chi connectivity index (χ1n) is 5.27. The van der Waals surface area contributed by atoms with E-state index in [1.54, 1.807) is 12.1 Å². The molecule has 0 saturated carbocycles. The van der Waals surface area contributed by atoms with Crippen molar-refractivity contribution in [3.05, 3.63) is 66.8 Å². The van der Waals surface area contributed by atoms with Crippen LogP contribution in [0.2, 0.25) is 0 Å². The molecule has 1 heterocycles. The molecule has 0 aliphatic rings. The summed E-state index contributed by atoms with van der Waals surface area (Å²) in [4.78, 5) is 22.9. The largest absolute Gasteiger partial charge is 0.289 e. The van der Waals surface area contributed by atoms with Gasteiger partial charge in [-0.15, -0.1) is 11.3 Å². The summed E-state index contributed by atoms with van der Waals surface area (Å²) in [6.45, 7) is 0. The highest BCUT2D eigenvalue weighted by atomic mass is 79.9. The predicted octanol–water partition coefficient (Wildman–Crippen LogP) is 4.31. The van der Waals surface area contributed by atoms with Crippen LogP contribution in [0.25, 0.3) is 6.08 Å². The summed E-state index contributed by atoms with van der Waals surface area (Å²) < 4.78 is 0.958. The number of ketones is 1. The van der Waals surface area contributed by atoms with Crippen molar-refractivity contribution in [2.45, 2.75) is 0 Å². The van der Waals surface area contributed by atoms with Gasteiger partial charge in [-0.1, -0.05) is 12.1 Å². The van der Waals surface area contributed by atoms with E-state index >= 15 is 0 Å². The van der Waals surface area contributed by atoms with Crippen LogP contribution in [-0.2, 0) is 0 Å². The Hall–Kier alpha value is -1.79. The summed E-state index contributed by atoms with van der Waals surface area (Å²) in [5.74, 6) is -0.256. The highest BCUT2D eigenvalue weighted by Gasteiger charge is 2.09. The number of rotatable bonds is 4. The topological polar surface area (TPSA) is 60.2 Å². The number of thiophene rings is 1. The lowest BCUT2D eigenvalue weighted by Crippen LogP contribution is -1.96. The van der Waals surface area contributed by atoms with E-state index < -0.39 is 4.92 Å². The average molecular weight is 338 g/mol. The maximum absolute atomic E-state index is 11.9. The smallest absolute Gasteiger partial charge is 0.270 e. The monoisotopic (exact) mass is 337 g/mol. The van der Waals surface area contributed by atoms with E-state index in [1.165, 1.54) is 35.6 Å². The van der Waals surface area contributed by atoms with E-state index in [2.05, 4.69) is 15.9 Å². The standard InChI is InChI=1S/C13H8BrNO3S/c14-10-7-12(19-8-10)4-5-13(16)9-2-1-3-11(6-9)15(17)18/h1-8H/b5-4+. The first-order chi connectivity index (χ1) is 9.06. The molecule has 1 aromatic heterocycles. The molecule has 0 radical (unpaired) electrons. The third-order valence-corrected chi connectivity index (χ3v) is 3.99. The van der Waals surface area contributed by atoms with Gasteiger partial charge in [-0.05, 0) is 34.1 Å². The van der Waals surface area contributed by atoms with Crippen molar-refractivity contribution in [2.24, 2.45) is 0 Å². The molecule has 96 valence electrons. The van der Waals surface area contributed by atoms with Gasteiger partial charge in [0.15, 0.2) is 5.78 Å². The van der Waals surface area contributed by atoms with Crippen LogP contribution in [0, 0.1) is 10.1 Å². The molecular weight excluding hydrogens is 330 g/mol. The van der Waals surface area contributed by atoms with Crippen LogP contribution >= 0.6 is 27.3 Å². The number of allylic oxidation sites excluding steroid dienone is 1. The zero-order valence-corrected chi connectivity index (χ0v) is 12.0. The van der Waals surface area contributed by atoms with Gasteiger partial charge in [0.1, 0.15) is 0 Å². The SMILES string of the molecule is O=C(/C=C/c1cc(Br)cs1)c1cccc([N+](=O)[O-])c1. The Morgan fingerprint density at radius 2 is 2.16 bits per heavy atom. The summed E-state index contributed by atoms with van der Waals surface area (Å²) >= 11 is 4.83. The van der Waals surface area contributed by atoms with Gasteiger partial charge in [0, 0.05) is 32.4 Å². The lowest BCUT2D eigenvalue weighted by molar-refractivity contribution is -0.384. The Balaban J connectivity index is 2.18. The lowest BCUT2D eigenvalue weighted by Gasteiger charge is -1.95. The van der Waals surface area contributed by atoms with Crippen LogP contribution in [0.15, 0.2) is 46.3 Å². The number of hydrogen-bond acceptors (Lipinski definition) is 4. The molecule has 6 heteroatoms. The fourth-order valence-corrected chi connectivity index (χ4v) is 2.78. The second-order valence-corrected chi connectivity index (χ2v) is 5.53. The second-order valence-electron chi connectivity index (χ2n) is 3.67. The zero-order valence-electron chi connectivity index (χ0n) is 9.58. The van der Waals surface area contributed by atoms with Crippen molar-refractivity contribution < 1.29 is 9.72 Å². The third-order valence-electron chi connectivity index (χ3n) is 2.33. The van der Waals surface area contributed by atoms with Crippen molar-refractivity contribution in [3.8, 4) is 0 Å². The minimum atomic E-state index is -0.517. The summed E-state index contributed by atoms with van der Waals surface area (Å²) in [6.07, 6.45) is 3.11. The molecule has 19 heavy (non-hydrogen) atoms. The molecule has 0 unspecified atom stereocenters. The molecule has 0 amide bonds. The van der Waals surface area contributed by atoms with Crippen LogP contribution in [0.4, 0.5) is 5.69 Å². The predicted molar refractivity (Wildman–Crippen MR) is 78.5 cm³/mol. The van der Waals surface area contributed by atoms with Crippen LogP contribution in [-0.4, -0.2) is 10.7 Å². The van der Waals surface area contributed by atoms with Gasteiger partial charge < -0.3 is 0 Å². The normalized spacial score (nSPS) is 10.8. The zero-order chi connectivity index (χ0) is 13.8. The van der Waals surface area contributed by atoms with Gasteiger partial charge in [-0.2, -0.15) is 0 Å². The van der Waals surface area contributed by atoms with Crippen LogP contribution in [0.1, 0.15) is 15.2 Å². The quantitative estimate of drug-likeness (QED) is 0.361. The molecular formula is C13H8BrNO3S. The molecule has 0 N–H and O–H groups in total. The fourth-order valence-electron chi connectivity index (χ4n) is 1.44. The Labute approximate surface area is 121 Å². The number of carbonyl (C=O) groups is 1. The van der Waals surface area contributed by atoms with Crippen molar-refractivity contribution >= 4 is 44.8 Å². The number of non-ortho nitro benzene ring substituents is 1. The number of nitro groups is 1. The van der Waals surface area contributed by atoms with Crippen molar-refractivity contribution in [1.29, 1.82) is 0 Å². The van der Waals surface area contributed by atoms with Crippen LogP contribution in [0.5, 0.6) is 0 Å². The molecule has 0 atom stereocenters. The van der Waals surface area contributed by atoms with Gasteiger partial charge in [0.2, 0.25) is 0 Å². The molecule has 0 aliphatic heterocycles. The van der Waals surface area contributed by atoms with Crippen molar-refractivity contribution in [2.75, 3.05) is 0 Å². The lowest BCUT2D eigenvalue weighted by atomic mass is 10.1. The maximum atomic E-state index is 11.9. The average Bonchev–Trinajstić information content (AvgIpc) is 2.82. The number of carbonyl (C=O) groups excluding carboxylic acids is 1. The molecule has 4 nitrogen and oxygen atoms in total. The van der Waals surface area contributed by atoms with Gasteiger partial charge in [-0.3, -0.25) is 14.9 Å². The van der Waals surface area contributed by atoms with Crippen LogP contribution in [0.3, 0.4) is 0 Å². The Morgan fingerprint density at radius 1 is 1.37 bits per heavy atom. The highest BCUT2D eigenvalue weighted by molar-refractivity contribution is 9.10. The Morgan fingerprint density at radius 3 is 2.79 bits per heavy atom. The minimum absolute atomic E-state index is 0.0851. The summed E-state index contributed by atoms with van der Waals surface area (Å²) in [5, 5.41) is 12.5. The molecule has 0 aliphatic carbocycles. The third kappa shape index (κ3) is 3.59. The second kappa shape index (κ2) is 5.90. The van der Waals surface area contributed by atoms with E-state index in [-0.39, 0.29) is 11.5 Å². The first kappa shape index (κ1) is 13.6. The van der Waals surface area contributed by atoms with E-state index in [0.717, 1.165) is 9.35 Å². The van der Waals surface area contributed by atoms with E-state index in [1.807, 2.05) is 11.4 Å². The Bertz CT molecular complexity index is 663. The number of halogens is 1. The molecule has 1 aromatic carbocycles. The molecule has 0 saturated heterocycles. The fraction of sp³-hybridized carbons (Fsp3) is 0. The summed E-state index contributed by atoms with van der Waals surface area (Å²) in [5.41, 5.74) is 0.221. The molecule has 0 bridgehead atoms. The first-order valence-corrected chi connectivity index (χ1v) is 6.94. The Kier molecular flexibility index (Phi) is 4.24. The van der Waals surface area contributed by atoms with Crippen LogP contribution < -0.4 is 0 Å². The molecule has 2 aromatic rings. The number of nitro benzene ring substituents is 1. The number of nitrogens with zero attached hydrogens (tertiary/aromatic N) is 1. The van der Waals surface area contributed by atoms with Gasteiger partial charge in [0.25, 0.3) is 5.69 Å². The molecule has 2 rings (SSSR count). The van der Waals surface area contributed by atoms with Crippen molar-refractivity contribution in [3.63, 3.8) is 0 Å². The van der Waals surface area contributed by atoms with E-state index in [4.69, 9.17) is 0 Å². The maximum Gasteiger partial charge on any atom is 0.270 e. The van der Waals surface area contributed by atoms with E-state index in [9.17, 15) is 14.9 Å². The molecule has 0 fully saturated rings. The minimum Gasteiger partial charge on any atom is -0.289 e. The summed E-state index contributed by atoms with van der Waals surface area (Å²) in [6, 6.07) is 7.58. The van der Waals surface area contributed by atoms with Gasteiger partial charge >= 0.3 is 0 Å². The number of benzene rings is 1. The number of hydrogen-bond donors (Lipinski definition) is 0. The van der Waals surface area contributed by atoms with E-state index in [0.29, 0.717) is 5.56 Å². The van der Waals surface area contributed by atoms with Gasteiger partial charge in [-0.25, -0.2) is 0 Å². The highest BCUT2D eigenvalue weighted by Crippen LogP contribution is 2.21. The van der Waals surface area contributed by atoms with Crippen molar-refractivity contribution in [1.82, 2.24) is 0 Å². The van der Waals surface area contributed by atoms with Gasteiger partial charge in [0.05, 0.1) is 4.92 Å². The summed E-state index contributed by atoms with van der Waals surface area (Å²) in [7, 11) is 0. The molecule has 0 spiro atoms.